The van der Waals surface area contributed by atoms with E-state index in [9.17, 15) is 9.18 Å². The second-order valence-electron chi connectivity index (χ2n) is 6.34. The van der Waals surface area contributed by atoms with Gasteiger partial charge in [-0.05, 0) is 35.9 Å². The summed E-state index contributed by atoms with van der Waals surface area (Å²) in [4.78, 5) is 18.7. The number of hydrogen-bond acceptors (Lipinski definition) is 4. The third-order valence-electron chi connectivity index (χ3n) is 4.25. The number of amides is 1. The van der Waals surface area contributed by atoms with Crippen molar-refractivity contribution < 1.29 is 13.9 Å². The fourth-order valence-corrected chi connectivity index (χ4v) is 3.97. The number of thioether (sulfide) groups is 1. The summed E-state index contributed by atoms with van der Waals surface area (Å²) in [6, 6.07) is 11.8. The maximum absolute atomic E-state index is 13.3. The van der Waals surface area contributed by atoms with Crippen molar-refractivity contribution in [3.8, 4) is 0 Å². The van der Waals surface area contributed by atoms with E-state index in [0.717, 1.165) is 21.8 Å². The van der Waals surface area contributed by atoms with E-state index in [4.69, 9.17) is 16.3 Å². The smallest absolute Gasteiger partial charge is 0.233 e. The van der Waals surface area contributed by atoms with Crippen molar-refractivity contribution in [2.45, 2.75) is 18.2 Å². The van der Waals surface area contributed by atoms with Crippen molar-refractivity contribution in [1.82, 2.24) is 14.5 Å². The maximum Gasteiger partial charge on any atom is 0.233 e. The third-order valence-corrected chi connectivity index (χ3v) is 5.45. The van der Waals surface area contributed by atoms with Gasteiger partial charge in [-0.15, -0.1) is 0 Å². The van der Waals surface area contributed by atoms with Gasteiger partial charge in [-0.2, -0.15) is 0 Å². The molecule has 5 nitrogen and oxygen atoms in total. The summed E-state index contributed by atoms with van der Waals surface area (Å²) in [5.41, 5.74) is 2.49. The Kier molecular flexibility index (Phi) is 6.93. The molecule has 0 spiro atoms. The standard InChI is InChI=1S/C20H21ClFN3O2S/c1-24(12-14-4-3-5-16(22)10-14)19(26)13-28-20-23-17-11-15(21)6-7-18(17)25(20)8-9-27-2/h3-7,10-11H,8-9,12-13H2,1-2H3. The average molecular weight is 422 g/mol. The van der Waals surface area contributed by atoms with Crippen molar-refractivity contribution in [3.63, 3.8) is 0 Å². The van der Waals surface area contributed by atoms with Gasteiger partial charge in [0.15, 0.2) is 5.16 Å². The second kappa shape index (κ2) is 9.41. The SMILES string of the molecule is COCCn1c(SCC(=O)N(C)Cc2cccc(F)c2)nc2cc(Cl)ccc21. The monoisotopic (exact) mass is 421 g/mol. The van der Waals surface area contributed by atoms with E-state index in [2.05, 4.69) is 4.98 Å². The molecule has 0 aliphatic carbocycles. The molecule has 2 aromatic carbocycles. The quantitative estimate of drug-likeness (QED) is 0.511. The van der Waals surface area contributed by atoms with Crippen molar-refractivity contribution in [2.24, 2.45) is 0 Å². The van der Waals surface area contributed by atoms with Crippen LogP contribution in [0.4, 0.5) is 4.39 Å². The van der Waals surface area contributed by atoms with Crippen LogP contribution in [-0.4, -0.2) is 46.9 Å². The van der Waals surface area contributed by atoms with E-state index < -0.39 is 0 Å². The molecule has 1 aromatic heterocycles. The molecule has 0 unspecified atom stereocenters. The molecule has 0 atom stereocenters. The Morgan fingerprint density at radius 1 is 1.32 bits per heavy atom. The number of carbonyl (C=O) groups excluding carboxylic acids is 1. The summed E-state index contributed by atoms with van der Waals surface area (Å²) in [6.45, 7) is 1.52. The fraction of sp³-hybridized carbons (Fsp3) is 0.300. The number of carbonyl (C=O) groups is 1. The van der Waals surface area contributed by atoms with Crippen LogP contribution in [0.3, 0.4) is 0 Å². The lowest BCUT2D eigenvalue weighted by molar-refractivity contribution is -0.127. The molecule has 0 aliphatic heterocycles. The number of halogens is 2. The topological polar surface area (TPSA) is 47.4 Å². The van der Waals surface area contributed by atoms with Gasteiger partial charge >= 0.3 is 0 Å². The highest BCUT2D eigenvalue weighted by molar-refractivity contribution is 7.99. The van der Waals surface area contributed by atoms with Gasteiger partial charge in [0.25, 0.3) is 0 Å². The van der Waals surface area contributed by atoms with E-state index in [1.54, 1.807) is 31.2 Å². The van der Waals surface area contributed by atoms with Crippen LogP contribution in [-0.2, 0) is 22.6 Å². The minimum Gasteiger partial charge on any atom is -0.383 e. The number of fused-ring (bicyclic) bond motifs is 1. The molecule has 0 bridgehead atoms. The van der Waals surface area contributed by atoms with Gasteiger partial charge in [-0.25, -0.2) is 9.37 Å². The van der Waals surface area contributed by atoms with Gasteiger partial charge < -0.3 is 14.2 Å². The van der Waals surface area contributed by atoms with Crippen LogP contribution < -0.4 is 0 Å². The zero-order valence-electron chi connectivity index (χ0n) is 15.7. The van der Waals surface area contributed by atoms with Gasteiger partial charge in [0.1, 0.15) is 5.82 Å². The molecule has 28 heavy (non-hydrogen) atoms. The Hall–Kier alpha value is -2.09. The largest absolute Gasteiger partial charge is 0.383 e. The molecule has 0 N–H and O–H groups in total. The van der Waals surface area contributed by atoms with Crippen LogP contribution in [0.15, 0.2) is 47.6 Å². The van der Waals surface area contributed by atoms with Crippen molar-refractivity contribution >= 4 is 40.3 Å². The summed E-state index contributed by atoms with van der Waals surface area (Å²) < 4.78 is 20.5. The molecule has 148 valence electrons. The lowest BCUT2D eigenvalue weighted by atomic mass is 10.2. The van der Waals surface area contributed by atoms with Crippen molar-refractivity contribution in [2.75, 3.05) is 26.5 Å². The van der Waals surface area contributed by atoms with E-state index in [1.165, 1.54) is 23.9 Å². The molecule has 3 rings (SSSR count). The summed E-state index contributed by atoms with van der Waals surface area (Å²) in [7, 11) is 3.36. The molecular formula is C20H21ClFN3O2S. The lowest BCUT2D eigenvalue weighted by Crippen LogP contribution is -2.28. The zero-order valence-corrected chi connectivity index (χ0v) is 17.3. The number of imidazole rings is 1. The number of ether oxygens (including phenoxy) is 1. The van der Waals surface area contributed by atoms with Crippen LogP contribution in [0.2, 0.25) is 5.02 Å². The van der Waals surface area contributed by atoms with Gasteiger partial charge in [-0.1, -0.05) is 35.5 Å². The number of rotatable bonds is 8. The Morgan fingerprint density at radius 3 is 2.89 bits per heavy atom. The first-order valence-corrected chi connectivity index (χ1v) is 10.1. The van der Waals surface area contributed by atoms with Crippen LogP contribution in [0.25, 0.3) is 11.0 Å². The Morgan fingerprint density at radius 2 is 2.14 bits per heavy atom. The highest BCUT2D eigenvalue weighted by atomic mass is 35.5. The van der Waals surface area contributed by atoms with Crippen LogP contribution in [0.1, 0.15) is 5.56 Å². The Labute approximate surface area is 172 Å². The van der Waals surface area contributed by atoms with Gasteiger partial charge in [-0.3, -0.25) is 4.79 Å². The lowest BCUT2D eigenvalue weighted by Gasteiger charge is -2.17. The van der Waals surface area contributed by atoms with E-state index in [0.29, 0.717) is 24.7 Å². The fourth-order valence-electron chi connectivity index (χ4n) is 2.82. The van der Waals surface area contributed by atoms with Crippen LogP contribution in [0, 0.1) is 5.82 Å². The molecule has 3 aromatic rings. The number of methoxy groups -OCH3 is 1. The molecule has 8 heteroatoms. The van der Waals surface area contributed by atoms with Crippen molar-refractivity contribution in [1.29, 1.82) is 0 Å². The van der Waals surface area contributed by atoms with Gasteiger partial charge in [0.2, 0.25) is 5.91 Å². The average Bonchev–Trinajstić information content (AvgIpc) is 3.00. The number of aromatic nitrogens is 2. The summed E-state index contributed by atoms with van der Waals surface area (Å²) in [6.07, 6.45) is 0. The molecular weight excluding hydrogens is 401 g/mol. The summed E-state index contributed by atoms with van der Waals surface area (Å²) in [5, 5.41) is 1.35. The van der Waals surface area contributed by atoms with E-state index in [1.807, 2.05) is 22.8 Å². The van der Waals surface area contributed by atoms with Crippen molar-refractivity contribution in [3.05, 3.63) is 58.9 Å². The first-order valence-electron chi connectivity index (χ1n) is 8.74. The third kappa shape index (κ3) is 5.04. The normalized spacial score (nSPS) is 11.1. The predicted molar refractivity (Wildman–Crippen MR) is 110 cm³/mol. The molecule has 1 heterocycles. The molecule has 0 saturated carbocycles. The van der Waals surface area contributed by atoms with Crippen LogP contribution in [0.5, 0.6) is 0 Å². The minimum atomic E-state index is -0.307. The number of hydrogen-bond donors (Lipinski definition) is 0. The molecule has 0 fully saturated rings. The Bertz CT molecular complexity index is 979. The molecule has 0 saturated heterocycles. The maximum atomic E-state index is 13.3. The summed E-state index contributed by atoms with van der Waals surface area (Å²) in [5.74, 6) is -0.133. The summed E-state index contributed by atoms with van der Waals surface area (Å²) >= 11 is 7.44. The predicted octanol–water partition coefficient (Wildman–Crippen LogP) is 4.23. The first kappa shape index (κ1) is 20.6. The number of benzene rings is 2. The Balaban J connectivity index is 1.70. The van der Waals surface area contributed by atoms with Gasteiger partial charge in [0.05, 0.1) is 23.4 Å². The zero-order chi connectivity index (χ0) is 20.1. The second-order valence-corrected chi connectivity index (χ2v) is 7.72. The van der Waals surface area contributed by atoms with Gasteiger partial charge in [0, 0.05) is 32.3 Å². The first-order chi connectivity index (χ1) is 13.5. The molecule has 0 radical (unpaired) electrons. The molecule has 1 amide bonds. The van der Waals surface area contributed by atoms with Crippen LogP contribution >= 0.6 is 23.4 Å². The molecule has 0 aliphatic rings. The van der Waals surface area contributed by atoms with E-state index in [-0.39, 0.29) is 17.5 Å². The number of nitrogens with zero attached hydrogens (tertiary/aromatic N) is 3. The van der Waals surface area contributed by atoms with E-state index >= 15 is 0 Å². The minimum absolute atomic E-state index is 0.0577. The highest BCUT2D eigenvalue weighted by Gasteiger charge is 2.15. The highest BCUT2D eigenvalue weighted by Crippen LogP contribution is 2.26.